The van der Waals surface area contributed by atoms with Crippen molar-refractivity contribution in [2.75, 3.05) is 0 Å². The molecule has 5 heteroatoms. The zero-order chi connectivity index (χ0) is 15.2. The van der Waals surface area contributed by atoms with E-state index in [-0.39, 0.29) is 6.61 Å². The SMILES string of the molecule is O=C(O)/C=C/c1cc(Br)ccc1Oc1cccc(CO)c1. The molecular formula is C16H13BrO4. The summed E-state index contributed by atoms with van der Waals surface area (Å²) in [7, 11) is 0. The van der Waals surface area contributed by atoms with Gasteiger partial charge in [0.05, 0.1) is 6.61 Å². The van der Waals surface area contributed by atoms with Crippen molar-refractivity contribution in [2.45, 2.75) is 6.61 Å². The Hall–Kier alpha value is -2.11. The highest BCUT2D eigenvalue weighted by atomic mass is 79.9. The lowest BCUT2D eigenvalue weighted by atomic mass is 10.2. The molecule has 0 aliphatic heterocycles. The van der Waals surface area contributed by atoms with Crippen LogP contribution in [0.25, 0.3) is 6.08 Å². The van der Waals surface area contributed by atoms with Crippen molar-refractivity contribution >= 4 is 28.0 Å². The van der Waals surface area contributed by atoms with E-state index in [4.69, 9.17) is 14.9 Å². The number of carboxylic acid groups (broad SMARTS) is 1. The highest BCUT2D eigenvalue weighted by molar-refractivity contribution is 9.10. The van der Waals surface area contributed by atoms with Gasteiger partial charge in [-0.25, -0.2) is 4.79 Å². The first-order valence-corrected chi connectivity index (χ1v) is 6.96. The van der Waals surface area contributed by atoms with Crippen molar-refractivity contribution in [1.82, 2.24) is 0 Å². The summed E-state index contributed by atoms with van der Waals surface area (Å²) < 4.78 is 6.59. The van der Waals surface area contributed by atoms with Crippen LogP contribution in [-0.2, 0) is 11.4 Å². The van der Waals surface area contributed by atoms with E-state index in [0.29, 0.717) is 17.1 Å². The summed E-state index contributed by atoms with van der Waals surface area (Å²) >= 11 is 3.34. The van der Waals surface area contributed by atoms with Gasteiger partial charge in [0.15, 0.2) is 0 Å². The Balaban J connectivity index is 2.32. The summed E-state index contributed by atoms with van der Waals surface area (Å²) in [5.74, 6) is 0.0860. The van der Waals surface area contributed by atoms with Gasteiger partial charge in [0.25, 0.3) is 0 Å². The maximum atomic E-state index is 10.6. The molecular weight excluding hydrogens is 336 g/mol. The van der Waals surface area contributed by atoms with Crippen LogP contribution in [0, 0.1) is 0 Å². The van der Waals surface area contributed by atoms with Gasteiger partial charge in [-0.3, -0.25) is 0 Å². The zero-order valence-corrected chi connectivity index (χ0v) is 12.6. The number of ether oxygens (including phenoxy) is 1. The number of halogens is 1. The molecule has 2 rings (SSSR count). The predicted octanol–water partition coefficient (Wildman–Crippen LogP) is 3.83. The Morgan fingerprint density at radius 3 is 2.76 bits per heavy atom. The molecule has 4 nitrogen and oxygen atoms in total. The smallest absolute Gasteiger partial charge is 0.328 e. The van der Waals surface area contributed by atoms with Crippen LogP contribution in [0.1, 0.15) is 11.1 Å². The van der Waals surface area contributed by atoms with Crippen molar-refractivity contribution in [3.63, 3.8) is 0 Å². The molecule has 0 atom stereocenters. The Morgan fingerprint density at radius 1 is 1.24 bits per heavy atom. The fourth-order valence-electron chi connectivity index (χ4n) is 1.74. The molecule has 0 unspecified atom stereocenters. The van der Waals surface area contributed by atoms with Crippen LogP contribution < -0.4 is 4.74 Å². The summed E-state index contributed by atoms with van der Waals surface area (Å²) in [6.07, 6.45) is 2.52. The monoisotopic (exact) mass is 348 g/mol. The molecule has 0 saturated heterocycles. The minimum absolute atomic E-state index is 0.0662. The van der Waals surface area contributed by atoms with Gasteiger partial charge >= 0.3 is 5.97 Å². The van der Waals surface area contributed by atoms with Crippen LogP contribution >= 0.6 is 15.9 Å². The molecule has 2 aromatic rings. The largest absolute Gasteiger partial charge is 0.478 e. The molecule has 21 heavy (non-hydrogen) atoms. The summed E-state index contributed by atoms with van der Waals surface area (Å²) in [4.78, 5) is 10.6. The van der Waals surface area contributed by atoms with E-state index >= 15 is 0 Å². The van der Waals surface area contributed by atoms with Gasteiger partial charge in [-0.15, -0.1) is 0 Å². The van der Waals surface area contributed by atoms with Crippen molar-refractivity contribution in [1.29, 1.82) is 0 Å². The van der Waals surface area contributed by atoms with Crippen molar-refractivity contribution in [2.24, 2.45) is 0 Å². The zero-order valence-electron chi connectivity index (χ0n) is 11.0. The number of aliphatic carboxylic acids is 1. The van der Waals surface area contributed by atoms with E-state index in [0.717, 1.165) is 16.1 Å². The van der Waals surface area contributed by atoms with E-state index in [1.807, 2.05) is 6.07 Å². The number of aliphatic hydroxyl groups excluding tert-OH is 1. The molecule has 0 aliphatic rings. The summed E-state index contributed by atoms with van der Waals surface area (Å²) in [6.45, 7) is -0.0662. The minimum Gasteiger partial charge on any atom is -0.478 e. The Morgan fingerprint density at radius 2 is 2.05 bits per heavy atom. The summed E-state index contributed by atoms with van der Waals surface area (Å²) in [5, 5.41) is 17.9. The third kappa shape index (κ3) is 4.44. The van der Waals surface area contributed by atoms with Gasteiger partial charge in [-0.2, -0.15) is 0 Å². The number of carbonyl (C=O) groups is 1. The molecule has 2 aromatic carbocycles. The third-order valence-corrected chi connectivity index (χ3v) is 3.18. The lowest BCUT2D eigenvalue weighted by Gasteiger charge is -2.10. The van der Waals surface area contributed by atoms with Gasteiger partial charge in [0.2, 0.25) is 0 Å². The number of benzene rings is 2. The highest BCUT2D eigenvalue weighted by Crippen LogP contribution is 2.29. The molecule has 0 radical (unpaired) electrons. The number of rotatable bonds is 5. The Bertz CT molecular complexity index is 680. The lowest BCUT2D eigenvalue weighted by Crippen LogP contribution is -1.91. The standard InChI is InChI=1S/C16H13BrO4/c17-13-5-6-15(12(9-13)4-7-16(19)20)21-14-3-1-2-11(8-14)10-18/h1-9,18H,10H2,(H,19,20)/b7-4+. The van der Waals surface area contributed by atoms with Gasteiger partial charge in [-0.1, -0.05) is 28.1 Å². The number of carboxylic acids is 1. The van der Waals surface area contributed by atoms with Crippen LogP contribution in [0.3, 0.4) is 0 Å². The van der Waals surface area contributed by atoms with Crippen LogP contribution in [-0.4, -0.2) is 16.2 Å². The van der Waals surface area contributed by atoms with Gasteiger partial charge in [0, 0.05) is 16.1 Å². The number of hydrogen-bond acceptors (Lipinski definition) is 3. The van der Waals surface area contributed by atoms with Crippen LogP contribution in [0.15, 0.2) is 53.0 Å². The number of aliphatic hydroxyl groups is 1. The van der Waals surface area contributed by atoms with E-state index in [1.165, 1.54) is 6.08 Å². The van der Waals surface area contributed by atoms with Crippen molar-refractivity contribution in [3.8, 4) is 11.5 Å². The molecule has 0 amide bonds. The van der Waals surface area contributed by atoms with E-state index < -0.39 is 5.97 Å². The van der Waals surface area contributed by atoms with Crippen LogP contribution in [0.4, 0.5) is 0 Å². The van der Waals surface area contributed by atoms with Crippen LogP contribution in [0.2, 0.25) is 0 Å². The second-order valence-corrected chi connectivity index (χ2v) is 5.18. The fraction of sp³-hybridized carbons (Fsp3) is 0.0625. The van der Waals surface area contributed by atoms with E-state index in [1.54, 1.807) is 36.4 Å². The van der Waals surface area contributed by atoms with Crippen LogP contribution in [0.5, 0.6) is 11.5 Å². The average Bonchev–Trinajstić information content (AvgIpc) is 2.47. The van der Waals surface area contributed by atoms with E-state index in [9.17, 15) is 4.79 Å². The molecule has 0 heterocycles. The minimum atomic E-state index is -1.02. The first kappa shape index (κ1) is 15.3. The predicted molar refractivity (Wildman–Crippen MR) is 83.3 cm³/mol. The molecule has 0 spiro atoms. The fourth-order valence-corrected chi connectivity index (χ4v) is 2.12. The molecule has 0 aromatic heterocycles. The second kappa shape index (κ2) is 7.06. The number of hydrogen-bond donors (Lipinski definition) is 2. The maximum Gasteiger partial charge on any atom is 0.328 e. The van der Waals surface area contributed by atoms with Crippen molar-refractivity contribution in [3.05, 3.63) is 64.1 Å². The molecule has 2 N–H and O–H groups in total. The topological polar surface area (TPSA) is 66.8 Å². The Labute approximate surface area is 130 Å². The first-order valence-electron chi connectivity index (χ1n) is 6.16. The second-order valence-electron chi connectivity index (χ2n) is 4.26. The third-order valence-electron chi connectivity index (χ3n) is 2.69. The molecule has 108 valence electrons. The summed E-state index contributed by atoms with van der Waals surface area (Å²) in [5.41, 5.74) is 1.38. The lowest BCUT2D eigenvalue weighted by molar-refractivity contribution is -0.131. The Kier molecular flexibility index (Phi) is 5.14. The van der Waals surface area contributed by atoms with E-state index in [2.05, 4.69) is 15.9 Å². The molecule has 0 fully saturated rings. The molecule has 0 bridgehead atoms. The first-order chi connectivity index (χ1) is 10.1. The van der Waals surface area contributed by atoms with Gasteiger partial charge in [-0.05, 0) is 42.0 Å². The van der Waals surface area contributed by atoms with Gasteiger partial charge in [0.1, 0.15) is 11.5 Å². The highest BCUT2D eigenvalue weighted by Gasteiger charge is 2.05. The maximum absolute atomic E-state index is 10.6. The van der Waals surface area contributed by atoms with Crippen molar-refractivity contribution < 1.29 is 19.7 Å². The normalized spacial score (nSPS) is 10.8. The summed E-state index contributed by atoms with van der Waals surface area (Å²) in [6, 6.07) is 12.4. The van der Waals surface area contributed by atoms with Gasteiger partial charge < -0.3 is 14.9 Å². The average molecular weight is 349 g/mol. The molecule has 0 saturated carbocycles. The quantitative estimate of drug-likeness (QED) is 0.805. The molecule has 0 aliphatic carbocycles.